The number of hydrogen-bond donors (Lipinski definition) is 0. The van der Waals surface area contributed by atoms with E-state index in [1.165, 1.54) is 0 Å². The largest absolute Gasteiger partial charge is 0.489 e. The third kappa shape index (κ3) is 4.17. The Hall–Kier alpha value is -3.60. The number of ketones is 1. The van der Waals surface area contributed by atoms with Crippen LogP contribution in [0.4, 0.5) is 0 Å². The van der Waals surface area contributed by atoms with E-state index in [2.05, 4.69) is 11.9 Å². The smallest absolute Gasteiger partial charge is 0.213 e. The molecule has 0 amide bonds. The fraction of sp³-hybridized carbons (Fsp3) is 0.231. The van der Waals surface area contributed by atoms with E-state index in [0.717, 1.165) is 34.3 Å². The Morgan fingerprint density at radius 1 is 1.00 bits per heavy atom. The molecule has 5 heteroatoms. The number of pyridine rings is 1. The van der Waals surface area contributed by atoms with Crippen LogP contribution in [0.2, 0.25) is 0 Å². The van der Waals surface area contributed by atoms with Crippen molar-refractivity contribution in [3.63, 3.8) is 0 Å². The highest BCUT2D eigenvalue weighted by Crippen LogP contribution is 2.30. The van der Waals surface area contributed by atoms with Crippen molar-refractivity contribution in [1.29, 1.82) is 0 Å². The molecule has 0 saturated carbocycles. The zero-order valence-electron chi connectivity index (χ0n) is 18.1. The quantitative estimate of drug-likeness (QED) is 0.365. The van der Waals surface area contributed by atoms with Gasteiger partial charge in [-0.15, -0.1) is 0 Å². The summed E-state index contributed by atoms with van der Waals surface area (Å²) in [5, 5.41) is 0.868. The van der Waals surface area contributed by atoms with E-state index in [1.54, 1.807) is 6.20 Å². The van der Waals surface area contributed by atoms with Gasteiger partial charge in [0.15, 0.2) is 5.78 Å². The van der Waals surface area contributed by atoms with Crippen LogP contribution < -0.4 is 9.47 Å². The lowest BCUT2D eigenvalue weighted by atomic mass is 9.99. The van der Waals surface area contributed by atoms with Gasteiger partial charge in [0.2, 0.25) is 5.88 Å². The summed E-state index contributed by atoms with van der Waals surface area (Å²) in [5.41, 5.74) is 4.35. The van der Waals surface area contributed by atoms with Gasteiger partial charge < -0.3 is 14.0 Å². The van der Waals surface area contributed by atoms with Crippen LogP contribution in [0.1, 0.15) is 41.0 Å². The van der Waals surface area contributed by atoms with E-state index >= 15 is 0 Å². The molecule has 0 unspecified atom stereocenters. The van der Waals surface area contributed by atoms with Gasteiger partial charge >= 0.3 is 0 Å². The fourth-order valence-electron chi connectivity index (χ4n) is 3.85. The molecule has 0 aliphatic heterocycles. The maximum Gasteiger partial charge on any atom is 0.213 e. The average molecular weight is 415 g/mol. The second kappa shape index (κ2) is 9.04. The van der Waals surface area contributed by atoms with Crippen LogP contribution in [-0.2, 0) is 20.1 Å². The minimum atomic E-state index is -0.00860. The molecule has 31 heavy (non-hydrogen) atoms. The second-order valence-electron chi connectivity index (χ2n) is 7.33. The standard InChI is InChI=1S/C26H26N2O3/c1-4-22-25(21-15-24(30-5-2)27-16-23(21)28(22)3)26(29)19-11-13-20(14-12-19)31-17-18-9-7-6-8-10-18/h6-16H,4-5,17H2,1-3H3. The Morgan fingerprint density at radius 3 is 2.42 bits per heavy atom. The second-order valence-corrected chi connectivity index (χ2v) is 7.33. The van der Waals surface area contributed by atoms with Crippen LogP contribution in [0.3, 0.4) is 0 Å². The van der Waals surface area contributed by atoms with Gasteiger partial charge in [0.1, 0.15) is 12.4 Å². The molecule has 0 aliphatic rings. The van der Waals surface area contributed by atoms with Crippen molar-refractivity contribution in [3.8, 4) is 11.6 Å². The van der Waals surface area contributed by atoms with E-state index in [-0.39, 0.29) is 5.78 Å². The number of aryl methyl sites for hydroxylation is 1. The topological polar surface area (TPSA) is 53.4 Å². The molecule has 0 bridgehead atoms. The van der Waals surface area contributed by atoms with Gasteiger partial charge in [-0.25, -0.2) is 4.98 Å². The van der Waals surface area contributed by atoms with Crippen molar-refractivity contribution in [2.45, 2.75) is 26.9 Å². The van der Waals surface area contributed by atoms with Crippen LogP contribution in [0.25, 0.3) is 10.9 Å². The molecular formula is C26H26N2O3. The number of nitrogens with zero attached hydrogens (tertiary/aromatic N) is 2. The van der Waals surface area contributed by atoms with Crippen LogP contribution in [0.5, 0.6) is 11.6 Å². The van der Waals surface area contributed by atoms with Crippen molar-refractivity contribution in [2.75, 3.05) is 6.61 Å². The van der Waals surface area contributed by atoms with Gasteiger partial charge in [0.05, 0.1) is 23.9 Å². The minimum absolute atomic E-state index is 0.00860. The Bertz CT molecular complexity index is 1200. The van der Waals surface area contributed by atoms with E-state index in [9.17, 15) is 4.79 Å². The molecule has 158 valence electrons. The molecule has 4 aromatic rings. The lowest BCUT2D eigenvalue weighted by Gasteiger charge is -2.08. The van der Waals surface area contributed by atoms with Crippen LogP contribution >= 0.6 is 0 Å². The third-order valence-electron chi connectivity index (χ3n) is 5.40. The summed E-state index contributed by atoms with van der Waals surface area (Å²) in [7, 11) is 1.97. The van der Waals surface area contributed by atoms with E-state index < -0.39 is 0 Å². The summed E-state index contributed by atoms with van der Waals surface area (Å²) in [6, 6.07) is 19.2. The third-order valence-corrected chi connectivity index (χ3v) is 5.40. The number of rotatable bonds is 8. The summed E-state index contributed by atoms with van der Waals surface area (Å²) in [6.45, 7) is 4.99. The van der Waals surface area contributed by atoms with Crippen molar-refractivity contribution >= 4 is 16.7 Å². The van der Waals surface area contributed by atoms with Crippen LogP contribution in [0, 0.1) is 0 Å². The Labute approximate surface area is 182 Å². The van der Waals surface area contributed by atoms with Crippen LogP contribution in [-0.4, -0.2) is 21.9 Å². The normalized spacial score (nSPS) is 10.9. The molecule has 2 heterocycles. The molecule has 0 aliphatic carbocycles. The number of aromatic nitrogens is 2. The highest BCUT2D eigenvalue weighted by atomic mass is 16.5. The van der Waals surface area contributed by atoms with Gasteiger partial charge in [0.25, 0.3) is 0 Å². The molecule has 0 N–H and O–H groups in total. The first-order valence-electron chi connectivity index (χ1n) is 10.5. The highest BCUT2D eigenvalue weighted by molar-refractivity contribution is 6.17. The Morgan fingerprint density at radius 2 is 1.74 bits per heavy atom. The molecule has 4 rings (SSSR count). The van der Waals surface area contributed by atoms with E-state index in [1.807, 2.05) is 79.2 Å². The van der Waals surface area contributed by atoms with Gasteiger partial charge in [-0.1, -0.05) is 37.3 Å². The van der Waals surface area contributed by atoms with Crippen molar-refractivity contribution in [2.24, 2.45) is 7.05 Å². The monoisotopic (exact) mass is 414 g/mol. The van der Waals surface area contributed by atoms with E-state index in [4.69, 9.17) is 9.47 Å². The number of hydrogen-bond acceptors (Lipinski definition) is 4. The molecule has 0 fully saturated rings. The molecule has 5 nitrogen and oxygen atoms in total. The Kier molecular flexibility index (Phi) is 6.03. The van der Waals surface area contributed by atoms with Crippen molar-refractivity contribution < 1.29 is 14.3 Å². The number of carbonyl (C=O) groups is 1. The Balaban J connectivity index is 1.63. The number of fused-ring (bicyclic) bond motifs is 1. The summed E-state index contributed by atoms with van der Waals surface area (Å²) in [4.78, 5) is 17.9. The molecule has 0 radical (unpaired) electrons. The maximum absolute atomic E-state index is 13.5. The molecule has 2 aromatic heterocycles. The first-order valence-corrected chi connectivity index (χ1v) is 10.5. The van der Waals surface area contributed by atoms with Gasteiger partial charge in [-0.05, 0) is 43.2 Å². The molecular weight excluding hydrogens is 388 g/mol. The lowest BCUT2D eigenvalue weighted by Crippen LogP contribution is -2.06. The maximum atomic E-state index is 13.5. The molecule has 0 spiro atoms. The predicted octanol–water partition coefficient (Wildman–Crippen LogP) is 5.34. The molecule has 0 atom stereocenters. The van der Waals surface area contributed by atoms with Crippen molar-refractivity contribution in [1.82, 2.24) is 9.55 Å². The number of carbonyl (C=O) groups excluding carboxylic acids is 1. The lowest BCUT2D eigenvalue weighted by molar-refractivity contribution is 0.103. The molecule has 2 aromatic carbocycles. The van der Waals surface area contributed by atoms with Gasteiger partial charge in [0, 0.05) is 29.8 Å². The summed E-state index contributed by atoms with van der Waals surface area (Å²) >= 11 is 0. The first kappa shape index (κ1) is 20.7. The zero-order valence-corrected chi connectivity index (χ0v) is 18.1. The predicted molar refractivity (Wildman–Crippen MR) is 122 cm³/mol. The SMILES string of the molecule is CCOc1cc2c(C(=O)c3ccc(OCc4ccccc4)cc3)c(CC)n(C)c2cn1. The molecule has 0 saturated heterocycles. The summed E-state index contributed by atoms with van der Waals surface area (Å²) in [6.07, 6.45) is 2.52. The average Bonchev–Trinajstić information content (AvgIpc) is 3.09. The zero-order chi connectivity index (χ0) is 21.8. The van der Waals surface area contributed by atoms with Crippen molar-refractivity contribution in [3.05, 3.63) is 89.2 Å². The first-order chi connectivity index (χ1) is 15.1. The summed E-state index contributed by atoms with van der Waals surface area (Å²) < 4.78 is 13.5. The minimum Gasteiger partial charge on any atom is -0.489 e. The number of ether oxygens (including phenoxy) is 2. The fourth-order valence-corrected chi connectivity index (χ4v) is 3.85. The number of benzene rings is 2. The van der Waals surface area contributed by atoms with E-state index in [0.29, 0.717) is 30.2 Å². The van der Waals surface area contributed by atoms with Crippen LogP contribution in [0.15, 0.2) is 66.9 Å². The highest BCUT2D eigenvalue weighted by Gasteiger charge is 2.22. The van der Waals surface area contributed by atoms with Gasteiger partial charge in [-0.2, -0.15) is 0 Å². The van der Waals surface area contributed by atoms with Gasteiger partial charge in [-0.3, -0.25) is 4.79 Å². The summed E-state index contributed by atoms with van der Waals surface area (Å²) in [5.74, 6) is 1.25.